The zero-order valence-electron chi connectivity index (χ0n) is 12.8. The number of nitrogens with zero attached hydrogens (tertiary/aromatic N) is 1. The molecule has 0 saturated heterocycles. The van der Waals surface area contributed by atoms with Crippen LogP contribution >= 0.6 is 0 Å². The van der Waals surface area contributed by atoms with E-state index in [1.807, 2.05) is 23.1 Å². The van der Waals surface area contributed by atoms with Crippen molar-refractivity contribution < 1.29 is 9.53 Å². The smallest absolute Gasteiger partial charge is 0.245 e. The SMILES string of the molecule is COCCN(C(=O)C1Cc2ccccc2N1)C(C)C1CC1. The Hall–Kier alpha value is -1.55. The van der Waals surface area contributed by atoms with Crippen molar-refractivity contribution >= 4 is 11.6 Å². The monoisotopic (exact) mass is 288 g/mol. The molecule has 1 N–H and O–H groups in total. The lowest BCUT2D eigenvalue weighted by atomic mass is 10.1. The highest BCUT2D eigenvalue weighted by Crippen LogP contribution is 2.36. The average molecular weight is 288 g/mol. The number of carbonyl (C=O) groups excluding carboxylic acids is 1. The first-order valence-electron chi connectivity index (χ1n) is 7.84. The molecule has 2 atom stereocenters. The van der Waals surface area contributed by atoms with Crippen LogP contribution in [0.2, 0.25) is 0 Å². The van der Waals surface area contributed by atoms with E-state index in [-0.39, 0.29) is 11.9 Å². The van der Waals surface area contributed by atoms with Gasteiger partial charge in [-0.1, -0.05) is 18.2 Å². The number of hydrogen-bond acceptors (Lipinski definition) is 3. The predicted octanol–water partition coefficient (Wildman–Crippen LogP) is 2.30. The zero-order valence-corrected chi connectivity index (χ0v) is 12.8. The number of carbonyl (C=O) groups is 1. The Bertz CT molecular complexity index is 488. The highest BCUT2D eigenvalue weighted by atomic mass is 16.5. The van der Waals surface area contributed by atoms with E-state index in [9.17, 15) is 4.79 Å². The maximum absolute atomic E-state index is 12.9. The lowest BCUT2D eigenvalue weighted by Gasteiger charge is -2.31. The van der Waals surface area contributed by atoms with E-state index in [0.717, 1.165) is 12.1 Å². The maximum atomic E-state index is 12.9. The molecule has 1 aromatic rings. The molecule has 1 aliphatic carbocycles. The molecule has 0 spiro atoms. The number of fused-ring (bicyclic) bond motifs is 1. The lowest BCUT2D eigenvalue weighted by molar-refractivity contribution is -0.135. The molecule has 1 aromatic carbocycles. The van der Waals surface area contributed by atoms with Crippen LogP contribution in [0.25, 0.3) is 0 Å². The van der Waals surface area contributed by atoms with E-state index in [2.05, 4.69) is 18.3 Å². The minimum atomic E-state index is -0.125. The number of rotatable bonds is 6. The molecule has 1 fully saturated rings. The van der Waals surface area contributed by atoms with E-state index >= 15 is 0 Å². The quantitative estimate of drug-likeness (QED) is 0.873. The number of amides is 1. The first-order valence-corrected chi connectivity index (χ1v) is 7.84. The van der Waals surface area contributed by atoms with Crippen molar-refractivity contribution in [3.05, 3.63) is 29.8 Å². The van der Waals surface area contributed by atoms with Crippen LogP contribution in [0.15, 0.2) is 24.3 Å². The molecule has 0 aromatic heterocycles. The van der Waals surface area contributed by atoms with Gasteiger partial charge >= 0.3 is 0 Å². The van der Waals surface area contributed by atoms with Crippen molar-refractivity contribution in [3.8, 4) is 0 Å². The molecule has 1 amide bonds. The van der Waals surface area contributed by atoms with E-state index in [0.29, 0.717) is 25.1 Å². The summed E-state index contributed by atoms with van der Waals surface area (Å²) in [5, 5.41) is 3.37. The fourth-order valence-electron chi connectivity index (χ4n) is 3.18. The standard InChI is InChI=1S/C17H24N2O2/c1-12(13-7-8-13)19(9-10-21-2)17(20)16-11-14-5-3-4-6-15(14)18-16/h3-6,12-13,16,18H,7-11H2,1-2H3. The highest BCUT2D eigenvalue weighted by molar-refractivity contribution is 5.87. The van der Waals surface area contributed by atoms with Gasteiger partial charge in [0.15, 0.2) is 0 Å². The van der Waals surface area contributed by atoms with Crippen LogP contribution in [0, 0.1) is 5.92 Å². The second-order valence-corrected chi connectivity index (χ2v) is 6.16. The maximum Gasteiger partial charge on any atom is 0.245 e. The van der Waals surface area contributed by atoms with Gasteiger partial charge in [-0.25, -0.2) is 0 Å². The fraction of sp³-hybridized carbons (Fsp3) is 0.588. The highest BCUT2D eigenvalue weighted by Gasteiger charge is 2.37. The van der Waals surface area contributed by atoms with Gasteiger partial charge in [0.2, 0.25) is 5.91 Å². The number of benzene rings is 1. The molecule has 3 rings (SSSR count). The summed E-state index contributed by atoms with van der Waals surface area (Å²) in [5.74, 6) is 0.886. The topological polar surface area (TPSA) is 41.6 Å². The Morgan fingerprint density at radius 3 is 2.86 bits per heavy atom. The van der Waals surface area contributed by atoms with Crippen LogP contribution < -0.4 is 5.32 Å². The molecule has 1 saturated carbocycles. The summed E-state index contributed by atoms with van der Waals surface area (Å²) < 4.78 is 5.18. The van der Waals surface area contributed by atoms with Crippen molar-refractivity contribution in [2.75, 3.05) is 25.6 Å². The Morgan fingerprint density at radius 1 is 1.43 bits per heavy atom. The van der Waals surface area contributed by atoms with Crippen molar-refractivity contribution in [2.24, 2.45) is 5.92 Å². The molecule has 0 bridgehead atoms. The summed E-state index contributed by atoms with van der Waals surface area (Å²) in [6.45, 7) is 3.46. The third-order valence-electron chi connectivity index (χ3n) is 4.68. The van der Waals surface area contributed by atoms with E-state index in [1.54, 1.807) is 7.11 Å². The van der Waals surface area contributed by atoms with Gasteiger partial charge in [-0.3, -0.25) is 4.79 Å². The van der Waals surface area contributed by atoms with Gasteiger partial charge in [0, 0.05) is 31.8 Å². The molecular formula is C17H24N2O2. The third kappa shape index (κ3) is 3.05. The second kappa shape index (κ2) is 6.06. The molecule has 21 heavy (non-hydrogen) atoms. The average Bonchev–Trinajstić information content (AvgIpc) is 3.25. The molecule has 4 nitrogen and oxygen atoms in total. The summed E-state index contributed by atoms with van der Waals surface area (Å²) in [6.07, 6.45) is 3.28. The van der Waals surface area contributed by atoms with Gasteiger partial charge in [-0.05, 0) is 37.3 Å². The molecule has 2 aliphatic rings. The third-order valence-corrected chi connectivity index (χ3v) is 4.68. The van der Waals surface area contributed by atoms with Crippen molar-refractivity contribution in [3.63, 3.8) is 0 Å². The van der Waals surface area contributed by atoms with Crippen LogP contribution in [0.5, 0.6) is 0 Å². The zero-order chi connectivity index (χ0) is 14.8. The normalized spacial score (nSPS) is 21.5. The van der Waals surface area contributed by atoms with E-state index in [1.165, 1.54) is 18.4 Å². The number of anilines is 1. The minimum absolute atomic E-state index is 0.125. The number of para-hydroxylation sites is 1. The Morgan fingerprint density at radius 2 is 2.19 bits per heavy atom. The van der Waals surface area contributed by atoms with Crippen molar-refractivity contribution in [1.29, 1.82) is 0 Å². The van der Waals surface area contributed by atoms with E-state index in [4.69, 9.17) is 4.74 Å². The Kier molecular flexibility index (Phi) is 4.15. The van der Waals surface area contributed by atoms with Crippen LogP contribution in [0.3, 0.4) is 0 Å². The van der Waals surface area contributed by atoms with Gasteiger partial charge in [0.25, 0.3) is 0 Å². The fourth-order valence-corrected chi connectivity index (χ4v) is 3.18. The predicted molar refractivity (Wildman–Crippen MR) is 83.3 cm³/mol. The van der Waals surface area contributed by atoms with Gasteiger partial charge in [0.05, 0.1) is 6.61 Å². The van der Waals surface area contributed by atoms with Crippen molar-refractivity contribution in [2.45, 2.75) is 38.3 Å². The Labute approximate surface area is 126 Å². The minimum Gasteiger partial charge on any atom is -0.383 e. The second-order valence-electron chi connectivity index (χ2n) is 6.16. The lowest BCUT2D eigenvalue weighted by Crippen LogP contribution is -2.48. The summed E-state index contributed by atoms with van der Waals surface area (Å²) in [5.41, 5.74) is 2.34. The molecular weight excluding hydrogens is 264 g/mol. The van der Waals surface area contributed by atoms with Crippen LogP contribution in [0.4, 0.5) is 5.69 Å². The number of ether oxygens (including phenoxy) is 1. The summed E-state index contributed by atoms with van der Waals surface area (Å²) in [7, 11) is 1.69. The summed E-state index contributed by atoms with van der Waals surface area (Å²) in [4.78, 5) is 14.9. The summed E-state index contributed by atoms with van der Waals surface area (Å²) in [6, 6.07) is 8.38. The van der Waals surface area contributed by atoms with Gasteiger partial charge < -0.3 is 15.0 Å². The van der Waals surface area contributed by atoms with Gasteiger partial charge in [-0.2, -0.15) is 0 Å². The molecule has 0 radical (unpaired) electrons. The van der Waals surface area contributed by atoms with Crippen LogP contribution in [0.1, 0.15) is 25.3 Å². The largest absolute Gasteiger partial charge is 0.383 e. The Balaban J connectivity index is 1.69. The van der Waals surface area contributed by atoms with Crippen molar-refractivity contribution in [1.82, 2.24) is 4.90 Å². The van der Waals surface area contributed by atoms with E-state index < -0.39 is 0 Å². The molecule has 1 heterocycles. The molecule has 1 aliphatic heterocycles. The molecule has 114 valence electrons. The van der Waals surface area contributed by atoms with Gasteiger partial charge in [0.1, 0.15) is 6.04 Å². The number of hydrogen-bond donors (Lipinski definition) is 1. The molecule has 4 heteroatoms. The van der Waals surface area contributed by atoms with Gasteiger partial charge in [-0.15, -0.1) is 0 Å². The first kappa shape index (κ1) is 14.4. The number of methoxy groups -OCH3 is 1. The van der Waals surface area contributed by atoms with Crippen LogP contribution in [-0.2, 0) is 16.0 Å². The number of nitrogens with one attached hydrogen (secondary N) is 1. The summed E-state index contributed by atoms with van der Waals surface area (Å²) >= 11 is 0. The first-order chi connectivity index (χ1) is 10.2. The molecule has 2 unspecified atom stereocenters. The van der Waals surface area contributed by atoms with Crippen LogP contribution in [-0.4, -0.2) is 43.2 Å².